The Morgan fingerprint density at radius 2 is 2.26 bits per heavy atom. The zero-order chi connectivity index (χ0) is 15.6. The van der Waals surface area contributed by atoms with Gasteiger partial charge in [0.1, 0.15) is 5.76 Å². The normalized spacial score (nSPS) is 25.3. The highest BCUT2D eigenvalue weighted by Gasteiger charge is 2.36. The number of furan rings is 1. The number of hydrogen-bond acceptors (Lipinski definition) is 4. The maximum atomic E-state index is 6.27. The number of aryl methyl sites for hydroxylation is 1. The van der Waals surface area contributed by atoms with E-state index in [1.165, 1.54) is 18.4 Å². The van der Waals surface area contributed by atoms with E-state index in [0.29, 0.717) is 12.1 Å². The summed E-state index contributed by atoms with van der Waals surface area (Å²) in [6.45, 7) is 2.87. The summed E-state index contributed by atoms with van der Waals surface area (Å²) in [7, 11) is 1.97. The SMILES string of the molecule is Cn1cc(C[C@@H]2[C@H](OCC3CC3)CCN2Cc2ccco2)cn1. The fourth-order valence-corrected chi connectivity index (χ4v) is 3.50. The van der Waals surface area contributed by atoms with Gasteiger partial charge in [-0.25, -0.2) is 0 Å². The zero-order valence-corrected chi connectivity index (χ0v) is 13.7. The molecular formula is C18H25N3O2. The van der Waals surface area contributed by atoms with Crippen molar-refractivity contribution >= 4 is 0 Å². The van der Waals surface area contributed by atoms with Crippen molar-refractivity contribution in [2.45, 2.75) is 44.4 Å². The predicted octanol–water partition coefficient (Wildman–Crippen LogP) is 2.63. The summed E-state index contributed by atoms with van der Waals surface area (Å²) < 4.78 is 13.7. The van der Waals surface area contributed by atoms with E-state index in [2.05, 4.69) is 22.3 Å². The molecule has 5 heteroatoms. The lowest BCUT2D eigenvalue weighted by Gasteiger charge is -2.27. The maximum Gasteiger partial charge on any atom is 0.117 e. The predicted molar refractivity (Wildman–Crippen MR) is 86.9 cm³/mol. The molecule has 2 atom stereocenters. The third kappa shape index (κ3) is 3.67. The monoisotopic (exact) mass is 315 g/mol. The van der Waals surface area contributed by atoms with Gasteiger partial charge in [-0.05, 0) is 49.3 Å². The highest BCUT2D eigenvalue weighted by molar-refractivity contribution is 5.09. The fraction of sp³-hybridized carbons (Fsp3) is 0.611. The summed E-state index contributed by atoms with van der Waals surface area (Å²) in [4.78, 5) is 2.50. The van der Waals surface area contributed by atoms with Gasteiger partial charge < -0.3 is 9.15 Å². The van der Waals surface area contributed by atoms with Gasteiger partial charge in [0.2, 0.25) is 0 Å². The minimum atomic E-state index is 0.325. The zero-order valence-electron chi connectivity index (χ0n) is 13.7. The second-order valence-corrected chi connectivity index (χ2v) is 6.95. The summed E-state index contributed by atoms with van der Waals surface area (Å²) in [5, 5.41) is 4.31. The van der Waals surface area contributed by atoms with Crippen LogP contribution in [0.4, 0.5) is 0 Å². The van der Waals surface area contributed by atoms with E-state index in [1.54, 1.807) is 6.26 Å². The summed E-state index contributed by atoms with van der Waals surface area (Å²) in [6, 6.07) is 4.42. The molecule has 124 valence electrons. The van der Waals surface area contributed by atoms with E-state index in [9.17, 15) is 0 Å². The first-order chi connectivity index (χ1) is 11.3. The highest BCUT2D eigenvalue weighted by atomic mass is 16.5. The van der Waals surface area contributed by atoms with Crippen molar-refractivity contribution in [2.75, 3.05) is 13.2 Å². The third-order valence-electron chi connectivity index (χ3n) is 4.98. The van der Waals surface area contributed by atoms with E-state index in [0.717, 1.165) is 44.2 Å². The average molecular weight is 315 g/mol. The maximum absolute atomic E-state index is 6.27. The fourth-order valence-electron chi connectivity index (χ4n) is 3.50. The van der Waals surface area contributed by atoms with Crippen LogP contribution in [0.2, 0.25) is 0 Å². The molecule has 0 spiro atoms. The van der Waals surface area contributed by atoms with Crippen LogP contribution < -0.4 is 0 Å². The molecule has 0 amide bonds. The summed E-state index contributed by atoms with van der Waals surface area (Å²) >= 11 is 0. The molecule has 2 fully saturated rings. The van der Waals surface area contributed by atoms with E-state index in [1.807, 2.05) is 24.0 Å². The third-order valence-corrected chi connectivity index (χ3v) is 4.98. The van der Waals surface area contributed by atoms with Crippen molar-refractivity contribution in [3.8, 4) is 0 Å². The molecule has 2 aromatic heterocycles. The Morgan fingerprint density at radius 1 is 1.35 bits per heavy atom. The molecule has 1 aliphatic carbocycles. The number of nitrogens with zero attached hydrogens (tertiary/aromatic N) is 3. The number of aromatic nitrogens is 2. The van der Waals surface area contributed by atoms with Gasteiger partial charge in [-0.15, -0.1) is 0 Å². The minimum Gasteiger partial charge on any atom is -0.468 e. The molecule has 2 aromatic rings. The number of hydrogen-bond donors (Lipinski definition) is 0. The molecule has 23 heavy (non-hydrogen) atoms. The van der Waals surface area contributed by atoms with Gasteiger partial charge in [0.25, 0.3) is 0 Å². The van der Waals surface area contributed by atoms with E-state index >= 15 is 0 Å². The Balaban J connectivity index is 1.45. The Hall–Kier alpha value is -1.59. The quantitative estimate of drug-likeness (QED) is 0.788. The van der Waals surface area contributed by atoms with Crippen molar-refractivity contribution < 1.29 is 9.15 Å². The van der Waals surface area contributed by atoms with Crippen LogP contribution in [0.5, 0.6) is 0 Å². The van der Waals surface area contributed by atoms with E-state index in [-0.39, 0.29) is 0 Å². The summed E-state index contributed by atoms with van der Waals surface area (Å²) in [5.74, 6) is 1.84. The van der Waals surface area contributed by atoms with Crippen LogP contribution in [0.25, 0.3) is 0 Å². The number of ether oxygens (including phenoxy) is 1. The van der Waals surface area contributed by atoms with Gasteiger partial charge in [0, 0.05) is 32.4 Å². The van der Waals surface area contributed by atoms with Gasteiger partial charge in [-0.1, -0.05) is 0 Å². The van der Waals surface area contributed by atoms with Crippen LogP contribution in [0.15, 0.2) is 35.2 Å². The van der Waals surface area contributed by atoms with Gasteiger partial charge in [0.05, 0.1) is 25.1 Å². The first-order valence-electron chi connectivity index (χ1n) is 8.63. The second-order valence-electron chi connectivity index (χ2n) is 6.95. The van der Waals surface area contributed by atoms with Crippen molar-refractivity contribution in [2.24, 2.45) is 13.0 Å². The van der Waals surface area contributed by atoms with Gasteiger partial charge in [0.15, 0.2) is 0 Å². The first-order valence-corrected chi connectivity index (χ1v) is 8.63. The van der Waals surface area contributed by atoms with Crippen LogP contribution in [0.1, 0.15) is 30.6 Å². The first kappa shape index (κ1) is 15.0. The van der Waals surface area contributed by atoms with Gasteiger partial charge in [-0.3, -0.25) is 9.58 Å². The van der Waals surface area contributed by atoms with E-state index in [4.69, 9.17) is 9.15 Å². The molecule has 5 nitrogen and oxygen atoms in total. The highest BCUT2D eigenvalue weighted by Crippen LogP contribution is 2.32. The number of likely N-dealkylation sites (tertiary alicyclic amines) is 1. The molecule has 0 aromatic carbocycles. The Labute approximate surface area is 137 Å². The number of rotatable bonds is 7. The second kappa shape index (κ2) is 6.49. The lowest BCUT2D eigenvalue weighted by molar-refractivity contribution is 0.0187. The Bertz CT molecular complexity index is 618. The summed E-state index contributed by atoms with van der Waals surface area (Å²) in [6.07, 6.45) is 10.9. The Morgan fingerprint density at radius 3 is 2.96 bits per heavy atom. The molecule has 0 N–H and O–H groups in total. The van der Waals surface area contributed by atoms with Crippen LogP contribution in [0.3, 0.4) is 0 Å². The molecule has 0 unspecified atom stereocenters. The summed E-state index contributed by atoms with van der Waals surface area (Å²) in [5.41, 5.74) is 1.28. The molecule has 1 saturated carbocycles. The van der Waals surface area contributed by atoms with Crippen LogP contribution >= 0.6 is 0 Å². The van der Waals surface area contributed by atoms with E-state index < -0.39 is 0 Å². The van der Waals surface area contributed by atoms with Gasteiger partial charge >= 0.3 is 0 Å². The average Bonchev–Trinajstić information content (AvgIpc) is 2.92. The molecule has 0 radical (unpaired) electrons. The molecule has 0 bridgehead atoms. The topological polar surface area (TPSA) is 43.4 Å². The smallest absolute Gasteiger partial charge is 0.117 e. The lowest BCUT2D eigenvalue weighted by Crippen LogP contribution is -2.38. The molecule has 3 heterocycles. The van der Waals surface area contributed by atoms with Crippen molar-refractivity contribution in [3.05, 3.63) is 42.1 Å². The molecule has 2 aliphatic rings. The Kier molecular flexibility index (Phi) is 4.23. The molecule has 4 rings (SSSR count). The van der Waals surface area contributed by atoms with Crippen LogP contribution in [0, 0.1) is 5.92 Å². The molecule has 1 saturated heterocycles. The minimum absolute atomic E-state index is 0.325. The van der Waals surface area contributed by atoms with Crippen LogP contribution in [-0.4, -0.2) is 40.0 Å². The van der Waals surface area contributed by atoms with Crippen molar-refractivity contribution in [1.29, 1.82) is 0 Å². The van der Waals surface area contributed by atoms with Crippen molar-refractivity contribution in [3.63, 3.8) is 0 Å². The largest absolute Gasteiger partial charge is 0.468 e. The van der Waals surface area contributed by atoms with Crippen LogP contribution in [-0.2, 0) is 24.8 Å². The molecule has 1 aliphatic heterocycles. The van der Waals surface area contributed by atoms with Crippen molar-refractivity contribution in [1.82, 2.24) is 14.7 Å². The standard InChI is InChI=1S/C18H25N3O2/c1-20-11-15(10-19-20)9-17-18(23-13-14-4-5-14)6-7-21(17)12-16-3-2-8-22-16/h2-3,8,10-11,14,17-18H,4-7,9,12-13H2,1H3/t17-,18-/m1/s1. The van der Waals surface area contributed by atoms with Gasteiger partial charge in [-0.2, -0.15) is 5.10 Å². The lowest BCUT2D eigenvalue weighted by atomic mass is 10.0. The molecular weight excluding hydrogens is 290 g/mol.